The third-order valence-electron chi connectivity index (χ3n) is 9.50. The van der Waals surface area contributed by atoms with Crippen molar-refractivity contribution >= 4 is 27.8 Å². The highest BCUT2D eigenvalue weighted by Crippen LogP contribution is 2.57. The minimum atomic E-state index is -1.70. The second-order valence-corrected chi connectivity index (χ2v) is 23.5. The van der Waals surface area contributed by atoms with E-state index in [1.165, 1.54) is 44.1 Å². The molecule has 4 heteroatoms. The van der Waals surface area contributed by atoms with Crippen LogP contribution in [0.1, 0.15) is 65.7 Å². The molecule has 0 aromatic heterocycles. The summed E-state index contributed by atoms with van der Waals surface area (Å²) < 4.78 is 6.50. The Bertz CT molecular complexity index is 859. The van der Waals surface area contributed by atoms with Gasteiger partial charge in [0.05, 0.1) is 13.6 Å². The number of nitrogens with zero attached hydrogens (tertiary/aromatic N) is 1. The van der Waals surface area contributed by atoms with Crippen molar-refractivity contribution in [1.29, 1.82) is 0 Å². The predicted octanol–water partition coefficient (Wildman–Crippen LogP) is 7.98. The largest absolute Gasteiger partial charge is 0.417 e. The van der Waals surface area contributed by atoms with Crippen molar-refractivity contribution in [3.63, 3.8) is 0 Å². The maximum atomic E-state index is 6.50. The minimum absolute atomic E-state index is 0.254. The average Bonchev–Trinajstić information content (AvgIpc) is 2.74. The monoisotopic (exact) mass is 495 g/mol. The molecule has 0 atom stereocenters. The van der Waals surface area contributed by atoms with Crippen molar-refractivity contribution in [2.24, 2.45) is 22.7 Å². The van der Waals surface area contributed by atoms with E-state index in [4.69, 9.17) is 9.42 Å². The Balaban J connectivity index is 1.49. The lowest BCUT2D eigenvalue weighted by molar-refractivity contribution is 0.00194. The van der Waals surface area contributed by atoms with Gasteiger partial charge in [-0.2, -0.15) is 0 Å². The van der Waals surface area contributed by atoms with Crippen LogP contribution in [0.5, 0.6) is 0 Å². The molecular weight excluding hydrogens is 447 g/mol. The highest BCUT2D eigenvalue weighted by molar-refractivity contribution is 6.90. The van der Waals surface area contributed by atoms with Gasteiger partial charge in [-0.15, -0.1) is 0 Å². The number of allylic oxidation sites excluding steroid dienone is 1. The Hall–Kier alpha value is -0.976. The SMILES string of the molecule is CC(C)(C)[Si](C)(C)OCC/C=C(\C=NC12CC3CC(CC(C3)C1)C2)C[Si](C)(C)c1ccccc1. The predicted molar refractivity (Wildman–Crippen MR) is 154 cm³/mol. The van der Waals surface area contributed by atoms with Crippen LogP contribution in [0.2, 0.25) is 37.3 Å². The standard InChI is InChI=1S/C30H49NOSi2/c1-29(2,3)34(6,7)32-15-11-12-24(23-33(4,5)28-13-9-8-10-14-28)22-31-30-19-25-16-26(20-30)18-27(17-25)21-30/h8-10,12-14,22,25-27H,11,15-21,23H2,1-7H3/b24-12+,31-22?. The summed E-state index contributed by atoms with van der Waals surface area (Å²) in [5.74, 6) is 2.84. The van der Waals surface area contributed by atoms with Crippen molar-refractivity contribution in [2.45, 2.75) is 109 Å². The van der Waals surface area contributed by atoms with Crippen LogP contribution in [0.15, 0.2) is 47.0 Å². The van der Waals surface area contributed by atoms with Crippen LogP contribution in [-0.2, 0) is 4.43 Å². The van der Waals surface area contributed by atoms with Gasteiger partial charge in [0.25, 0.3) is 0 Å². The molecule has 0 N–H and O–H groups in total. The molecule has 4 aliphatic rings. The normalized spacial score (nSPS) is 29.9. The summed E-state index contributed by atoms with van der Waals surface area (Å²) in [7, 11) is -3.28. The third-order valence-corrected chi connectivity index (χ3v) is 17.2. The number of aliphatic imine (C=N–C) groups is 1. The van der Waals surface area contributed by atoms with E-state index in [1.807, 2.05) is 0 Å². The van der Waals surface area contributed by atoms with Gasteiger partial charge in [-0.1, -0.05) is 75.5 Å². The Morgan fingerprint density at radius 3 is 2.06 bits per heavy atom. The number of hydrogen-bond acceptors (Lipinski definition) is 2. The van der Waals surface area contributed by atoms with Crippen LogP contribution in [-0.4, -0.2) is 34.8 Å². The first-order valence-electron chi connectivity index (χ1n) is 13.8. The number of benzene rings is 1. The van der Waals surface area contributed by atoms with E-state index in [2.05, 4.69) is 89.6 Å². The molecule has 4 fully saturated rings. The second kappa shape index (κ2) is 9.82. The molecule has 0 aliphatic heterocycles. The summed E-state index contributed by atoms with van der Waals surface area (Å²) in [6.07, 6.45) is 14.3. The lowest BCUT2D eigenvalue weighted by atomic mass is 9.53. The molecule has 0 spiro atoms. The molecule has 5 rings (SSSR count). The summed E-state index contributed by atoms with van der Waals surface area (Å²) in [4.78, 5) is 5.46. The molecule has 4 saturated carbocycles. The summed E-state index contributed by atoms with van der Waals surface area (Å²) >= 11 is 0. The highest BCUT2D eigenvalue weighted by atomic mass is 28.4. The van der Waals surface area contributed by atoms with Gasteiger partial charge < -0.3 is 4.43 Å². The molecule has 0 unspecified atom stereocenters. The fourth-order valence-corrected chi connectivity index (χ4v) is 10.5. The maximum absolute atomic E-state index is 6.50. The Morgan fingerprint density at radius 2 is 1.53 bits per heavy atom. The molecule has 4 bridgehead atoms. The molecular formula is C30H49NOSi2. The van der Waals surface area contributed by atoms with E-state index in [9.17, 15) is 0 Å². The maximum Gasteiger partial charge on any atom is 0.191 e. The van der Waals surface area contributed by atoms with Gasteiger partial charge in [0.1, 0.15) is 0 Å². The van der Waals surface area contributed by atoms with Crippen molar-refractivity contribution in [3.8, 4) is 0 Å². The van der Waals surface area contributed by atoms with Crippen molar-refractivity contribution < 1.29 is 4.43 Å². The lowest BCUT2D eigenvalue weighted by Gasteiger charge is -2.55. The fourth-order valence-electron chi connectivity index (χ4n) is 6.89. The van der Waals surface area contributed by atoms with Gasteiger partial charge in [0, 0.05) is 12.8 Å². The quantitative estimate of drug-likeness (QED) is 0.193. The third kappa shape index (κ3) is 6.04. The summed E-state index contributed by atoms with van der Waals surface area (Å²) in [6, 6.07) is 12.4. The van der Waals surface area contributed by atoms with Gasteiger partial charge in [0.15, 0.2) is 8.32 Å². The zero-order chi connectivity index (χ0) is 24.6. The van der Waals surface area contributed by atoms with Crippen LogP contribution < -0.4 is 5.19 Å². The molecule has 0 radical (unpaired) electrons. The van der Waals surface area contributed by atoms with Gasteiger partial charge >= 0.3 is 0 Å². The molecule has 0 heterocycles. The lowest BCUT2D eigenvalue weighted by Crippen LogP contribution is -2.49. The second-order valence-electron chi connectivity index (χ2n) is 14.0. The van der Waals surface area contributed by atoms with E-state index in [1.54, 1.807) is 5.19 Å². The van der Waals surface area contributed by atoms with Gasteiger partial charge in [-0.25, -0.2) is 0 Å². The van der Waals surface area contributed by atoms with Crippen LogP contribution in [0.25, 0.3) is 0 Å². The van der Waals surface area contributed by atoms with E-state index < -0.39 is 16.4 Å². The van der Waals surface area contributed by atoms with Gasteiger partial charge in [-0.05, 0) is 92.4 Å². The van der Waals surface area contributed by atoms with Crippen LogP contribution >= 0.6 is 0 Å². The molecule has 0 amide bonds. The van der Waals surface area contributed by atoms with Crippen molar-refractivity contribution in [2.75, 3.05) is 6.61 Å². The van der Waals surface area contributed by atoms with E-state index in [-0.39, 0.29) is 10.6 Å². The molecule has 34 heavy (non-hydrogen) atoms. The zero-order valence-corrected chi connectivity index (χ0v) is 25.0. The van der Waals surface area contributed by atoms with E-state index in [0.717, 1.165) is 36.8 Å². The first-order valence-corrected chi connectivity index (χ1v) is 19.9. The van der Waals surface area contributed by atoms with E-state index >= 15 is 0 Å². The Kier molecular flexibility index (Phi) is 7.54. The molecule has 1 aromatic rings. The van der Waals surface area contributed by atoms with Gasteiger partial charge in [-0.3, -0.25) is 4.99 Å². The first kappa shape index (κ1) is 26.1. The van der Waals surface area contributed by atoms with Crippen LogP contribution in [0.4, 0.5) is 0 Å². The molecule has 188 valence electrons. The Labute approximate surface area is 211 Å². The first-order chi connectivity index (χ1) is 15.9. The molecule has 2 nitrogen and oxygen atoms in total. The van der Waals surface area contributed by atoms with Crippen molar-refractivity contribution in [1.82, 2.24) is 0 Å². The summed E-state index contributed by atoms with van der Waals surface area (Å²) in [5.41, 5.74) is 1.71. The minimum Gasteiger partial charge on any atom is -0.417 e. The van der Waals surface area contributed by atoms with Crippen LogP contribution in [0.3, 0.4) is 0 Å². The molecule has 1 aromatic carbocycles. The molecule has 4 aliphatic carbocycles. The van der Waals surface area contributed by atoms with Crippen molar-refractivity contribution in [3.05, 3.63) is 42.0 Å². The topological polar surface area (TPSA) is 21.6 Å². The Morgan fingerprint density at radius 1 is 0.971 bits per heavy atom. The average molecular weight is 496 g/mol. The number of rotatable bonds is 9. The summed E-state index contributed by atoms with van der Waals surface area (Å²) in [5, 5.41) is 1.81. The van der Waals surface area contributed by atoms with Gasteiger partial charge in [0.2, 0.25) is 0 Å². The number of hydrogen-bond donors (Lipinski definition) is 0. The smallest absolute Gasteiger partial charge is 0.191 e. The van der Waals surface area contributed by atoms with E-state index in [0.29, 0.717) is 0 Å². The molecule has 0 saturated heterocycles. The highest BCUT2D eigenvalue weighted by Gasteiger charge is 2.50. The zero-order valence-electron chi connectivity index (χ0n) is 23.0. The summed E-state index contributed by atoms with van der Waals surface area (Å²) in [6.45, 7) is 17.6. The van der Waals surface area contributed by atoms with Crippen LogP contribution in [0, 0.1) is 17.8 Å². The fraction of sp³-hybridized carbons (Fsp3) is 0.700.